The third-order valence-electron chi connectivity index (χ3n) is 6.39. The minimum absolute atomic E-state index is 0.327. The number of amides is 4. The summed E-state index contributed by atoms with van der Waals surface area (Å²) in [5.41, 5.74) is 5.98. The van der Waals surface area contributed by atoms with Gasteiger partial charge in [0.25, 0.3) is 0 Å². The van der Waals surface area contributed by atoms with Crippen LogP contribution in [-0.4, -0.2) is 101 Å². The average Bonchev–Trinajstić information content (AvgIpc) is 3.43. The molecule has 0 saturated carbocycles. The minimum atomic E-state index is -1.11. The number of carbonyl (C=O) groups excluding carboxylic acids is 5. The van der Waals surface area contributed by atoms with Gasteiger partial charge < -0.3 is 30.5 Å². The lowest BCUT2D eigenvalue weighted by molar-refractivity contribution is -0.156. The lowest BCUT2D eigenvalue weighted by Gasteiger charge is -2.33. The highest BCUT2D eigenvalue weighted by molar-refractivity contribution is 5.95. The number of esters is 1. The van der Waals surface area contributed by atoms with Crippen molar-refractivity contribution >= 4 is 29.6 Å². The van der Waals surface area contributed by atoms with Gasteiger partial charge in [-0.3, -0.25) is 19.2 Å². The summed E-state index contributed by atoms with van der Waals surface area (Å²) in [6.45, 7) is 3.52. The van der Waals surface area contributed by atoms with Crippen molar-refractivity contribution in [3.8, 4) is 0 Å². The lowest BCUT2D eigenvalue weighted by atomic mass is 10.1. The summed E-state index contributed by atoms with van der Waals surface area (Å²) in [5.74, 6) is -2.36. The number of ether oxygens (including phenoxy) is 1. The van der Waals surface area contributed by atoms with E-state index in [0.717, 1.165) is 0 Å². The predicted molar refractivity (Wildman–Crippen MR) is 108 cm³/mol. The first kappa shape index (κ1) is 23.0. The van der Waals surface area contributed by atoms with Crippen molar-refractivity contribution in [2.75, 3.05) is 26.7 Å². The van der Waals surface area contributed by atoms with E-state index >= 15 is 0 Å². The normalized spacial score (nSPS) is 33.9. The van der Waals surface area contributed by atoms with Crippen LogP contribution in [0.25, 0.3) is 0 Å². The summed E-state index contributed by atoms with van der Waals surface area (Å²) >= 11 is 0. The molecule has 0 bridgehead atoms. The van der Waals surface area contributed by atoms with E-state index in [9.17, 15) is 24.0 Å². The van der Waals surface area contributed by atoms with Gasteiger partial charge in [0, 0.05) is 20.1 Å². The number of hydrogen-bond acceptors (Lipinski definition) is 7. The van der Waals surface area contributed by atoms with Crippen LogP contribution in [0.4, 0.5) is 0 Å². The number of carbonyl (C=O) groups is 5. The Morgan fingerprint density at radius 3 is 2.13 bits per heavy atom. The Morgan fingerprint density at radius 2 is 1.48 bits per heavy atom. The van der Waals surface area contributed by atoms with Crippen LogP contribution >= 0.6 is 0 Å². The molecule has 5 atom stereocenters. The zero-order valence-corrected chi connectivity index (χ0v) is 18.2. The van der Waals surface area contributed by atoms with Gasteiger partial charge in [-0.25, -0.2) is 4.79 Å². The zero-order valence-electron chi connectivity index (χ0n) is 18.2. The number of nitrogens with two attached hydrogens (primary N) is 1. The number of nitrogens with zero attached hydrogens (tertiary/aromatic N) is 3. The molecule has 0 radical (unpaired) electrons. The molecule has 3 heterocycles. The van der Waals surface area contributed by atoms with Crippen LogP contribution in [0.1, 0.15) is 39.5 Å². The van der Waals surface area contributed by atoms with Crippen LogP contribution in [0, 0.1) is 0 Å². The van der Waals surface area contributed by atoms with E-state index in [2.05, 4.69) is 5.32 Å². The summed E-state index contributed by atoms with van der Waals surface area (Å²) in [6.07, 6.45) is 2.16. The summed E-state index contributed by atoms with van der Waals surface area (Å²) in [5, 5.41) is 2.64. The Morgan fingerprint density at radius 1 is 0.903 bits per heavy atom. The fourth-order valence-electron chi connectivity index (χ4n) is 4.36. The van der Waals surface area contributed by atoms with Gasteiger partial charge in [-0.2, -0.15) is 0 Å². The van der Waals surface area contributed by atoms with Crippen molar-refractivity contribution in [2.24, 2.45) is 5.73 Å². The maximum absolute atomic E-state index is 13.0. The number of cyclic esters (lactones) is 1. The summed E-state index contributed by atoms with van der Waals surface area (Å²) in [4.78, 5) is 68.1. The first-order valence-corrected chi connectivity index (χ1v) is 10.7. The van der Waals surface area contributed by atoms with Gasteiger partial charge in [0.1, 0.15) is 36.8 Å². The third-order valence-corrected chi connectivity index (χ3v) is 6.39. The van der Waals surface area contributed by atoms with Crippen molar-refractivity contribution in [3.05, 3.63) is 0 Å². The van der Waals surface area contributed by atoms with Crippen LogP contribution in [0.2, 0.25) is 0 Å². The van der Waals surface area contributed by atoms with E-state index in [0.29, 0.717) is 38.8 Å². The van der Waals surface area contributed by atoms with Crippen LogP contribution < -0.4 is 11.1 Å². The van der Waals surface area contributed by atoms with Crippen molar-refractivity contribution in [1.29, 1.82) is 0 Å². The fraction of sp³-hybridized carbons (Fsp3) is 0.750. The Balaban J connectivity index is 1.88. The van der Waals surface area contributed by atoms with Gasteiger partial charge in [-0.15, -0.1) is 0 Å². The number of likely N-dealkylation sites (N-methyl/N-ethyl adjacent to an activating group) is 1. The molecule has 3 saturated heterocycles. The number of hydrogen-bond donors (Lipinski definition) is 2. The number of nitrogens with one attached hydrogen (secondary N) is 1. The molecular formula is C20H31N5O6. The molecule has 0 aromatic heterocycles. The molecular weight excluding hydrogens is 406 g/mol. The largest absolute Gasteiger partial charge is 0.462 e. The lowest BCUT2D eigenvalue weighted by Crippen LogP contribution is -2.58. The summed E-state index contributed by atoms with van der Waals surface area (Å²) in [7, 11) is 1.50. The SMILES string of the molecule is C[C@@H]1NC(=O)[C@H](C)N(C)C(=O)[C@@H]2CCCN2C(=O)[C@@H](N)COC(=O)[C@@H]2CCCN2C1=O. The summed E-state index contributed by atoms with van der Waals surface area (Å²) in [6, 6.07) is -4.33. The quantitative estimate of drug-likeness (QED) is 0.426. The van der Waals surface area contributed by atoms with E-state index in [1.165, 1.54) is 21.7 Å². The van der Waals surface area contributed by atoms with Crippen molar-refractivity contribution < 1.29 is 28.7 Å². The highest BCUT2D eigenvalue weighted by Crippen LogP contribution is 2.22. The maximum atomic E-state index is 13.0. The highest BCUT2D eigenvalue weighted by atomic mass is 16.5. The first-order chi connectivity index (χ1) is 14.6. The molecule has 3 rings (SSSR count). The van der Waals surface area contributed by atoms with Crippen LogP contribution in [-0.2, 0) is 28.7 Å². The molecule has 0 unspecified atom stereocenters. The molecule has 0 aromatic rings. The third kappa shape index (κ3) is 4.51. The Kier molecular flexibility index (Phi) is 6.83. The maximum Gasteiger partial charge on any atom is 0.328 e. The van der Waals surface area contributed by atoms with Gasteiger partial charge in [-0.1, -0.05) is 0 Å². The van der Waals surface area contributed by atoms with E-state index in [1.54, 1.807) is 13.8 Å². The molecule has 0 aliphatic carbocycles. The number of fused-ring (bicyclic) bond motifs is 2. The molecule has 4 amide bonds. The Hall–Kier alpha value is -2.69. The Labute approximate surface area is 181 Å². The van der Waals surface area contributed by atoms with Gasteiger partial charge in [0.05, 0.1) is 0 Å². The van der Waals surface area contributed by atoms with Crippen molar-refractivity contribution in [2.45, 2.75) is 69.7 Å². The molecule has 172 valence electrons. The molecule has 3 fully saturated rings. The molecule has 0 spiro atoms. The molecule has 11 nitrogen and oxygen atoms in total. The second kappa shape index (κ2) is 9.21. The standard InChI is InChI=1S/C20H31N5O6/c1-11-17(27)25-9-5-7-15(25)20(30)31-10-13(21)18(28)24-8-4-6-14(24)19(29)23(3)12(2)16(26)22-11/h11-15H,4-10,21H2,1-3H3,(H,22,26)/t11-,12-,13-,14-,15-/m0/s1. The van der Waals surface area contributed by atoms with Crippen LogP contribution in [0.5, 0.6) is 0 Å². The highest BCUT2D eigenvalue weighted by Gasteiger charge is 2.42. The van der Waals surface area contributed by atoms with Gasteiger partial charge in [0.15, 0.2) is 0 Å². The molecule has 0 aromatic carbocycles. The average molecular weight is 437 g/mol. The van der Waals surface area contributed by atoms with E-state index in [1.807, 2.05) is 0 Å². The molecule has 3 N–H and O–H groups in total. The van der Waals surface area contributed by atoms with E-state index in [4.69, 9.17) is 10.5 Å². The Bertz CT molecular complexity index is 773. The molecule has 3 aliphatic rings. The first-order valence-electron chi connectivity index (χ1n) is 10.7. The van der Waals surface area contributed by atoms with Crippen LogP contribution in [0.3, 0.4) is 0 Å². The summed E-state index contributed by atoms with van der Waals surface area (Å²) < 4.78 is 5.27. The molecule has 11 heteroatoms. The second-order valence-electron chi connectivity index (χ2n) is 8.47. The topological polar surface area (TPSA) is 142 Å². The smallest absolute Gasteiger partial charge is 0.328 e. The zero-order chi connectivity index (χ0) is 22.9. The second-order valence-corrected chi connectivity index (χ2v) is 8.47. The van der Waals surface area contributed by atoms with E-state index < -0.39 is 53.9 Å². The van der Waals surface area contributed by atoms with Crippen molar-refractivity contribution in [1.82, 2.24) is 20.0 Å². The predicted octanol–water partition coefficient (Wildman–Crippen LogP) is -1.80. The van der Waals surface area contributed by atoms with Gasteiger partial charge >= 0.3 is 5.97 Å². The van der Waals surface area contributed by atoms with Crippen molar-refractivity contribution in [3.63, 3.8) is 0 Å². The van der Waals surface area contributed by atoms with Crippen LogP contribution in [0.15, 0.2) is 0 Å². The molecule has 31 heavy (non-hydrogen) atoms. The van der Waals surface area contributed by atoms with Gasteiger partial charge in [-0.05, 0) is 39.5 Å². The van der Waals surface area contributed by atoms with Gasteiger partial charge in [0.2, 0.25) is 23.6 Å². The fourth-order valence-corrected chi connectivity index (χ4v) is 4.36. The minimum Gasteiger partial charge on any atom is -0.462 e. The number of rotatable bonds is 0. The van der Waals surface area contributed by atoms with E-state index in [-0.39, 0.29) is 12.5 Å². The monoisotopic (exact) mass is 437 g/mol. The molecule has 3 aliphatic heterocycles.